The monoisotopic (exact) mass is 400 g/mol. The summed E-state index contributed by atoms with van der Waals surface area (Å²) in [5.41, 5.74) is 1.75. The quantitative estimate of drug-likeness (QED) is 0.854. The molecule has 6 nitrogen and oxygen atoms in total. The van der Waals surface area contributed by atoms with E-state index in [9.17, 15) is 9.59 Å². The third kappa shape index (κ3) is 3.33. The highest BCUT2D eigenvalue weighted by molar-refractivity contribution is 8.18. The van der Waals surface area contributed by atoms with Crippen LogP contribution >= 0.6 is 23.4 Å². The number of thioether (sulfide) groups is 1. The van der Waals surface area contributed by atoms with Gasteiger partial charge in [0.25, 0.3) is 11.8 Å². The maximum absolute atomic E-state index is 12.6. The number of amides is 2. The molecular weight excluding hydrogens is 384 g/mol. The largest absolute Gasteiger partial charge is 0.350 e. The minimum Gasteiger partial charge on any atom is -0.350 e. The predicted octanol–water partition coefficient (Wildman–Crippen LogP) is 3.41. The molecule has 1 aromatic carbocycles. The summed E-state index contributed by atoms with van der Waals surface area (Å²) < 4.78 is 2.05. The number of fused-ring (bicyclic) bond motifs is 2. The molecule has 0 fully saturated rings. The average Bonchev–Trinajstić information content (AvgIpc) is 3.16. The minimum absolute atomic E-state index is 0.186. The van der Waals surface area contributed by atoms with Gasteiger partial charge in [-0.15, -0.1) is 0 Å². The van der Waals surface area contributed by atoms with Crippen LogP contribution in [-0.2, 0) is 16.1 Å². The Morgan fingerprint density at radius 2 is 2.11 bits per heavy atom. The van der Waals surface area contributed by atoms with Crippen molar-refractivity contribution in [1.82, 2.24) is 9.88 Å². The van der Waals surface area contributed by atoms with E-state index < -0.39 is 5.92 Å². The topological polar surface area (TPSA) is 75.8 Å². The standard InChI is InChI=1S/C19H17ClN4O2S/c1-10-15-17(25)22-11(2)23-19(15)27-16(10)18(26)21-6-8-24-7-5-12-3-4-13(20)9-14(12)24/h3-5,7,9,15H,6,8H2,1-2H3,(H,21,26). The number of carbonyl (C=O) groups excluding carboxylic acids is 2. The smallest absolute Gasteiger partial charge is 0.261 e. The number of hydrogen-bond donors (Lipinski definition) is 1. The van der Waals surface area contributed by atoms with Gasteiger partial charge in [0.05, 0.1) is 9.95 Å². The molecule has 1 atom stereocenters. The maximum Gasteiger partial charge on any atom is 0.261 e. The number of nitrogens with one attached hydrogen (secondary N) is 1. The number of benzene rings is 1. The summed E-state index contributed by atoms with van der Waals surface area (Å²) in [6.45, 7) is 4.57. The van der Waals surface area contributed by atoms with Crippen LogP contribution in [0.3, 0.4) is 0 Å². The summed E-state index contributed by atoms with van der Waals surface area (Å²) in [6, 6.07) is 7.76. The van der Waals surface area contributed by atoms with Gasteiger partial charge in [-0.2, -0.15) is 4.99 Å². The van der Waals surface area contributed by atoms with Crippen LogP contribution < -0.4 is 5.32 Å². The van der Waals surface area contributed by atoms with Crippen molar-refractivity contribution in [2.45, 2.75) is 20.4 Å². The predicted molar refractivity (Wildman–Crippen MR) is 109 cm³/mol. The number of halogens is 1. The van der Waals surface area contributed by atoms with Crippen LogP contribution in [0.5, 0.6) is 0 Å². The van der Waals surface area contributed by atoms with E-state index in [1.807, 2.05) is 30.5 Å². The fraction of sp³-hybridized carbons (Fsp3) is 0.263. The van der Waals surface area contributed by atoms with Gasteiger partial charge in [-0.1, -0.05) is 29.4 Å². The van der Waals surface area contributed by atoms with Gasteiger partial charge in [-0.05, 0) is 43.0 Å². The minimum atomic E-state index is -0.505. The van der Waals surface area contributed by atoms with Gasteiger partial charge in [0.1, 0.15) is 11.8 Å². The molecule has 0 aliphatic carbocycles. The van der Waals surface area contributed by atoms with Crippen LogP contribution in [0.4, 0.5) is 0 Å². The SMILES string of the molecule is CC1=NC(=O)C2C(=N1)SC(C(=O)NCCn1ccc3ccc(Cl)cc31)=C2C. The molecule has 0 radical (unpaired) electrons. The molecular formula is C19H17ClN4O2S. The highest BCUT2D eigenvalue weighted by Crippen LogP contribution is 2.40. The van der Waals surface area contributed by atoms with Crippen molar-refractivity contribution < 1.29 is 9.59 Å². The number of hydrogen-bond acceptors (Lipinski definition) is 4. The van der Waals surface area contributed by atoms with Crippen molar-refractivity contribution in [3.8, 4) is 0 Å². The van der Waals surface area contributed by atoms with Gasteiger partial charge in [0.15, 0.2) is 0 Å². The summed E-state index contributed by atoms with van der Waals surface area (Å²) >= 11 is 7.34. The Kier molecular flexibility index (Phi) is 4.65. The normalized spacial score (nSPS) is 19.2. The zero-order valence-electron chi connectivity index (χ0n) is 14.8. The summed E-state index contributed by atoms with van der Waals surface area (Å²) in [7, 11) is 0. The Balaban J connectivity index is 1.43. The van der Waals surface area contributed by atoms with Gasteiger partial charge in [0.2, 0.25) is 0 Å². The summed E-state index contributed by atoms with van der Waals surface area (Å²) in [5, 5.41) is 5.36. The third-order valence-electron chi connectivity index (χ3n) is 4.62. The molecule has 27 heavy (non-hydrogen) atoms. The van der Waals surface area contributed by atoms with Crippen molar-refractivity contribution in [2.75, 3.05) is 6.54 Å². The van der Waals surface area contributed by atoms with E-state index in [1.54, 1.807) is 13.8 Å². The molecule has 2 amide bonds. The van der Waals surface area contributed by atoms with Crippen molar-refractivity contribution in [2.24, 2.45) is 15.9 Å². The highest BCUT2D eigenvalue weighted by atomic mass is 35.5. The van der Waals surface area contributed by atoms with Crippen LogP contribution in [0.2, 0.25) is 5.02 Å². The van der Waals surface area contributed by atoms with E-state index in [-0.39, 0.29) is 11.8 Å². The Labute approximate surface area is 165 Å². The number of aromatic nitrogens is 1. The molecule has 0 spiro atoms. The molecule has 0 saturated carbocycles. The lowest BCUT2D eigenvalue weighted by atomic mass is 10.00. The summed E-state index contributed by atoms with van der Waals surface area (Å²) in [4.78, 5) is 33.5. The van der Waals surface area contributed by atoms with E-state index in [0.29, 0.717) is 33.9 Å². The molecule has 1 N–H and O–H groups in total. The van der Waals surface area contributed by atoms with Crippen LogP contribution in [0.1, 0.15) is 13.8 Å². The van der Waals surface area contributed by atoms with Gasteiger partial charge in [-0.3, -0.25) is 9.59 Å². The molecule has 8 heteroatoms. The lowest BCUT2D eigenvalue weighted by Crippen LogP contribution is -2.28. The maximum atomic E-state index is 12.6. The molecule has 2 aromatic rings. The second-order valence-electron chi connectivity index (χ2n) is 6.46. The van der Waals surface area contributed by atoms with Crippen LogP contribution in [0.15, 0.2) is 50.9 Å². The summed E-state index contributed by atoms with van der Waals surface area (Å²) in [6.07, 6.45) is 1.98. The molecule has 0 saturated heterocycles. The Bertz CT molecular complexity index is 1070. The number of aliphatic imine (C=N–C) groups is 2. The highest BCUT2D eigenvalue weighted by Gasteiger charge is 2.39. The molecule has 2 aliphatic rings. The molecule has 3 heterocycles. The molecule has 1 aromatic heterocycles. The van der Waals surface area contributed by atoms with E-state index in [0.717, 1.165) is 16.5 Å². The number of rotatable bonds is 4. The van der Waals surface area contributed by atoms with Gasteiger partial charge in [0, 0.05) is 29.8 Å². The van der Waals surface area contributed by atoms with Crippen molar-refractivity contribution >= 4 is 57.0 Å². The Hall–Kier alpha value is -2.38. The zero-order valence-corrected chi connectivity index (χ0v) is 16.4. The molecule has 4 rings (SSSR count). The van der Waals surface area contributed by atoms with E-state index in [1.165, 1.54) is 11.8 Å². The average molecular weight is 401 g/mol. The number of nitrogens with zero attached hydrogens (tertiary/aromatic N) is 3. The summed E-state index contributed by atoms with van der Waals surface area (Å²) in [5.74, 6) is -0.503. The van der Waals surface area contributed by atoms with Gasteiger partial charge >= 0.3 is 0 Å². The van der Waals surface area contributed by atoms with Gasteiger partial charge < -0.3 is 9.88 Å². The Morgan fingerprint density at radius 3 is 2.93 bits per heavy atom. The zero-order chi connectivity index (χ0) is 19.1. The molecule has 1 unspecified atom stereocenters. The van der Waals surface area contributed by atoms with E-state index in [2.05, 4.69) is 19.9 Å². The van der Waals surface area contributed by atoms with Gasteiger partial charge in [-0.25, -0.2) is 4.99 Å². The van der Waals surface area contributed by atoms with Crippen molar-refractivity contribution in [1.29, 1.82) is 0 Å². The number of carbonyl (C=O) groups is 2. The van der Waals surface area contributed by atoms with Crippen molar-refractivity contribution in [3.05, 3.63) is 46.0 Å². The first kappa shape index (κ1) is 18.0. The first-order chi connectivity index (χ1) is 12.9. The third-order valence-corrected chi connectivity index (χ3v) is 6.10. The van der Waals surface area contributed by atoms with E-state index in [4.69, 9.17) is 11.6 Å². The fourth-order valence-corrected chi connectivity index (χ4v) is 4.69. The molecule has 0 bridgehead atoms. The number of amidine groups is 1. The van der Waals surface area contributed by atoms with Crippen LogP contribution in [0, 0.1) is 5.92 Å². The first-order valence-electron chi connectivity index (χ1n) is 8.53. The second-order valence-corrected chi connectivity index (χ2v) is 7.93. The lowest BCUT2D eigenvalue weighted by Gasteiger charge is -2.12. The first-order valence-corrected chi connectivity index (χ1v) is 9.72. The Morgan fingerprint density at radius 1 is 1.30 bits per heavy atom. The van der Waals surface area contributed by atoms with Crippen molar-refractivity contribution in [3.63, 3.8) is 0 Å². The fourth-order valence-electron chi connectivity index (χ4n) is 3.29. The molecule has 2 aliphatic heterocycles. The second kappa shape index (κ2) is 6.98. The van der Waals surface area contributed by atoms with E-state index >= 15 is 0 Å². The lowest BCUT2D eigenvalue weighted by molar-refractivity contribution is -0.118. The molecule has 138 valence electrons. The van der Waals surface area contributed by atoms with Crippen LogP contribution in [0.25, 0.3) is 10.9 Å². The van der Waals surface area contributed by atoms with Crippen LogP contribution in [-0.4, -0.2) is 33.8 Å².